The van der Waals surface area contributed by atoms with Crippen LogP contribution in [-0.4, -0.2) is 50.3 Å². The molecular weight excluding hydrogens is 268 g/mol. The maximum Gasteiger partial charge on any atom is 0.0784 e. The lowest BCUT2D eigenvalue weighted by Gasteiger charge is -2.22. The Morgan fingerprint density at radius 3 is 1.43 bits per heavy atom. The predicted molar refractivity (Wildman–Crippen MR) is 86.8 cm³/mol. The summed E-state index contributed by atoms with van der Waals surface area (Å²) >= 11 is 0. The smallest absolute Gasteiger partial charge is 0.0784 e. The van der Waals surface area contributed by atoms with Crippen LogP contribution in [0.4, 0.5) is 0 Å². The molecule has 4 heteroatoms. The molecule has 4 atom stereocenters. The second-order valence-corrected chi connectivity index (χ2v) is 6.57. The summed E-state index contributed by atoms with van der Waals surface area (Å²) in [6, 6.07) is 0. The quantitative estimate of drug-likeness (QED) is 0.551. The van der Waals surface area contributed by atoms with E-state index >= 15 is 0 Å². The van der Waals surface area contributed by atoms with Crippen molar-refractivity contribution in [1.29, 1.82) is 0 Å². The Labute approximate surface area is 131 Å². The van der Waals surface area contributed by atoms with Gasteiger partial charge in [-0.2, -0.15) is 0 Å². The van der Waals surface area contributed by atoms with Crippen molar-refractivity contribution in [1.82, 2.24) is 0 Å². The molecule has 0 aliphatic rings. The van der Waals surface area contributed by atoms with Crippen LogP contribution in [0.2, 0.25) is 0 Å². The summed E-state index contributed by atoms with van der Waals surface area (Å²) in [5.41, 5.74) is 0. The molecule has 0 aromatic carbocycles. The Morgan fingerprint density at radius 1 is 0.571 bits per heavy atom. The molecule has 0 amide bonds. The van der Waals surface area contributed by atoms with Gasteiger partial charge in [0, 0.05) is 0 Å². The molecule has 128 valence electrons. The molecule has 4 unspecified atom stereocenters. The van der Waals surface area contributed by atoms with Crippen LogP contribution in [0.3, 0.4) is 0 Å². The maximum atomic E-state index is 5.76. The van der Waals surface area contributed by atoms with Crippen molar-refractivity contribution in [2.75, 3.05) is 19.8 Å². The fourth-order valence-corrected chi connectivity index (χ4v) is 1.68. The normalized spacial score (nSPS) is 18.0. The standard InChI is InChI=1S/C17H36O4/c1-12(2)17(8)20-10-15(6)18-9-14(5)19-11-16(7)21-13(3)4/h12-17H,9-11H2,1-8H3. The third-order valence-electron chi connectivity index (χ3n) is 3.27. The van der Waals surface area contributed by atoms with Crippen LogP contribution in [0.1, 0.15) is 55.4 Å². The Balaban J connectivity index is 3.70. The van der Waals surface area contributed by atoms with Gasteiger partial charge in [0.05, 0.1) is 50.3 Å². The molecule has 21 heavy (non-hydrogen) atoms. The number of hydrogen-bond acceptors (Lipinski definition) is 4. The summed E-state index contributed by atoms with van der Waals surface area (Å²) in [4.78, 5) is 0. The van der Waals surface area contributed by atoms with Gasteiger partial charge in [-0.1, -0.05) is 13.8 Å². The highest BCUT2D eigenvalue weighted by Gasteiger charge is 2.13. The summed E-state index contributed by atoms with van der Waals surface area (Å²) in [6.45, 7) is 18.4. The molecule has 0 heterocycles. The van der Waals surface area contributed by atoms with Gasteiger partial charge < -0.3 is 18.9 Å². The minimum atomic E-state index is 0.0631. The molecule has 4 nitrogen and oxygen atoms in total. The highest BCUT2D eigenvalue weighted by atomic mass is 16.6. The zero-order valence-corrected chi connectivity index (χ0v) is 15.2. The summed E-state index contributed by atoms with van der Waals surface area (Å²) < 4.78 is 22.9. The molecule has 0 N–H and O–H groups in total. The van der Waals surface area contributed by atoms with E-state index in [1.54, 1.807) is 0 Å². The molecule has 0 saturated heterocycles. The van der Waals surface area contributed by atoms with Crippen molar-refractivity contribution in [3.05, 3.63) is 0 Å². The third kappa shape index (κ3) is 12.1. The topological polar surface area (TPSA) is 36.9 Å². The fourth-order valence-electron chi connectivity index (χ4n) is 1.68. The second kappa shape index (κ2) is 11.4. The second-order valence-electron chi connectivity index (χ2n) is 6.57. The van der Waals surface area contributed by atoms with Crippen molar-refractivity contribution < 1.29 is 18.9 Å². The fraction of sp³-hybridized carbons (Fsp3) is 1.00. The van der Waals surface area contributed by atoms with Gasteiger partial charge >= 0.3 is 0 Å². The van der Waals surface area contributed by atoms with Crippen molar-refractivity contribution in [2.24, 2.45) is 5.92 Å². The van der Waals surface area contributed by atoms with Crippen LogP contribution < -0.4 is 0 Å². The van der Waals surface area contributed by atoms with Crippen LogP contribution in [0.15, 0.2) is 0 Å². The lowest BCUT2D eigenvalue weighted by molar-refractivity contribution is -0.0948. The minimum Gasteiger partial charge on any atom is -0.376 e. The largest absolute Gasteiger partial charge is 0.376 e. The van der Waals surface area contributed by atoms with Crippen LogP contribution >= 0.6 is 0 Å². The summed E-state index contributed by atoms with van der Waals surface area (Å²) in [7, 11) is 0. The zero-order valence-electron chi connectivity index (χ0n) is 15.2. The Bertz CT molecular complexity index is 243. The van der Waals surface area contributed by atoms with Crippen LogP contribution in [-0.2, 0) is 18.9 Å². The lowest BCUT2D eigenvalue weighted by Crippen LogP contribution is -2.28. The van der Waals surface area contributed by atoms with E-state index < -0.39 is 0 Å². The number of ether oxygens (including phenoxy) is 4. The average molecular weight is 304 g/mol. The zero-order chi connectivity index (χ0) is 16.4. The van der Waals surface area contributed by atoms with Crippen molar-refractivity contribution in [3.63, 3.8) is 0 Å². The van der Waals surface area contributed by atoms with E-state index in [-0.39, 0.29) is 30.5 Å². The molecule has 0 radical (unpaired) electrons. The first-order chi connectivity index (χ1) is 9.72. The molecule has 0 aliphatic heterocycles. The first kappa shape index (κ1) is 20.8. The van der Waals surface area contributed by atoms with E-state index in [1.165, 1.54) is 0 Å². The first-order valence-corrected chi connectivity index (χ1v) is 8.22. The van der Waals surface area contributed by atoms with Gasteiger partial charge in [0.2, 0.25) is 0 Å². The van der Waals surface area contributed by atoms with Gasteiger partial charge in [-0.15, -0.1) is 0 Å². The molecule has 0 fully saturated rings. The Morgan fingerprint density at radius 2 is 1.00 bits per heavy atom. The van der Waals surface area contributed by atoms with Gasteiger partial charge in [0.25, 0.3) is 0 Å². The average Bonchev–Trinajstić information content (AvgIpc) is 2.39. The number of hydrogen-bond donors (Lipinski definition) is 0. The minimum absolute atomic E-state index is 0.0631. The molecule has 0 aromatic rings. The summed E-state index contributed by atoms with van der Waals surface area (Å²) in [6.07, 6.45) is 0.754. The molecule has 0 rings (SSSR count). The SMILES string of the molecule is CC(C)OC(C)COC(C)COC(C)COC(C)C(C)C. The highest BCUT2D eigenvalue weighted by Crippen LogP contribution is 2.07. The van der Waals surface area contributed by atoms with E-state index in [2.05, 4.69) is 20.8 Å². The highest BCUT2D eigenvalue weighted by molar-refractivity contribution is 4.59. The van der Waals surface area contributed by atoms with Gasteiger partial charge in [0.1, 0.15) is 0 Å². The van der Waals surface area contributed by atoms with Crippen LogP contribution in [0, 0.1) is 5.92 Å². The number of rotatable bonds is 12. The van der Waals surface area contributed by atoms with Crippen molar-refractivity contribution in [3.8, 4) is 0 Å². The molecule has 0 spiro atoms. The Hall–Kier alpha value is -0.160. The molecule has 0 aliphatic carbocycles. The van der Waals surface area contributed by atoms with E-state index in [0.717, 1.165) is 0 Å². The summed E-state index contributed by atoms with van der Waals surface area (Å²) in [5, 5.41) is 0. The van der Waals surface area contributed by atoms with E-state index in [9.17, 15) is 0 Å². The molecule has 0 saturated carbocycles. The van der Waals surface area contributed by atoms with Gasteiger partial charge in [-0.05, 0) is 47.5 Å². The van der Waals surface area contributed by atoms with E-state index in [0.29, 0.717) is 25.7 Å². The van der Waals surface area contributed by atoms with Gasteiger partial charge in [0.15, 0.2) is 0 Å². The lowest BCUT2D eigenvalue weighted by atomic mass is 10.1. The van der Waals surface area contributed by atoms with Gasteiger partial charge in [-0.25, -0.2) is 0 Å². The van der Waals surface area contributed by atoms with Crippen LogP contribution in [0.5, 0.6) is 0 Å². The molecule has 0 bridgehead atoms. The van der Waals surface area contributed by atoms with Crippen LogP contribution in [0.25, 0.3) is 0 Å². The first-order valence-electron chi connectivity index (χ1n) is 8.22. The predicted octanol–water partition coefficient (Wildman–Crippen LogP) is 3.67. The van der Waals surface area contributed by atoms with E-state index in [1.807, 2.05) is 34.6 Å². The third-order valence-corrected chi connectivity index (χ3v) is 3.27. The van der Waals surface area contributed by atoms with E-state index in [4.69, 9.17) is 18.9 Å². The Kier molecular flexibility index (Phi) is 11.3. The maximum absolute atomic E-state index is 5.76. The monoisotopic (exact) mass is 304 g/mol. The van der Waals surface area contributed by atoms with Crippen molar-refractivity contribution >= 4 is 0 Å². The molecule has 0 aromatic heterocycles. The van der Waals surface area contributed by atoms with Gasteiger partial charge in [-0.3, -0.25) is 0 Å². The molecular formula is C17H36O4. The summed E-state index contributed by atoms with van der Waals surface area (Å²) in [5.74, 6) is 0.530. The van der Waals surface area contributed by atoms with Crippen molar-refractivity contribution in [2.45, 2.75) is 85.9 Å².